The van der Waals surface area contributed by atoms with Crippen LogP contribution in [-0.2, 0) is 16.6 Å². The number of hydrogen-bond donors (Lipinski definition) is 2. The first kappa shape index (κ1) is 14.0. The summed E-state index contributed by atoms with van der Waals surface area (Å²) in [4.78, 5) is 2.70. The van der Waals surface area contributed by atoms with Crippen molar-refractivity contribution in [2.45, 2.75) is 42.8 Å². The van der Waals surface area contributed by atoms with E-state index in [9.17, 15) is 8.42 Å². The molecule has 0 radical (unpaired) electrons. The van der Waals surface area contributed by atoms with E-state index in [4.69, 9.17) is 5.73 Å². The van der Waals surface area contributed by atoms with E-state index in [2.05, 4.69) is 9.62 Å². The lowest BCUT2D eigenvalue weighted by Gasteiger charge is -2.16. The normalized spacial score (nSPS) is 24.1. The van der Waals surface area contributed by atoms with Crippen LogP contribution in [-0.4, -0.2) is 38.5 Å². The summed E-state index contributed by atoms with van der Waals surface area (Å²) < 4.78 is 27.6. The summed E-state index contributed by atoms with van der Waals surface area (Å²) in [5.41, 5.74) is 6.39. The number of likely N-dealkylation sites (tertiary alicyclic amines) is 1. The van der Waals surface area contributed by atoms with Gasteiger partial charge in [0.15, 0.2) is 0 Å². The maximum Gasteiger partial charge on any atom is 0.240 e. The fourth-order valence-electron chi connectivity index (χ4n) is 2.78. The van der Waals surface area contributed by atoms with Gasteiger partial charge in [0.05, 0.1) is 4.90 Å². The van der Waals surface area contributed by atoms with Crippen LogP contribution in [0.1, 0.15) is 24.8 Å². The number of hydrogen-bond acceptors (Lipinski definition) is 4. The second kappa shape index (κ2) is 5.44. The van der Waals surface area contributed by atoms with Gasteiger partial charge in [0, 0.05) is 31.7 Å². The molecule has 0 amide bonds. The van der Waals surface area contributed by atoms with Crippen molar-refractivity contribution < 1.29 is 8.42 Å². The van der Waals surface area contributed by atoms with E-state index >= 15 is 0 Å². The van der Waals surface area contributed by atoms with Crippen molar-refractivity contribution >= 4 is 10.0 Å². The van der Waals surface area contributed by atoms with Crippen molar-refractivity contribution in [3.63, 3.8) is 0 Å². The van der Waals surface area contributed by atoms with Crippen molar-refractivity contribution in [3.8, 4) is 0 Å². The first-order chi connectivity index (χ1) is 9.58. The fraction of sp³-hybridized carbons (Fsp3) is 0.571. The van der Waals surface area contributed by atoms with Gasteiger partial charge >= 0.3 is 0 Å². The maximum atomic E-state index is 12.4. The predicted molar refractivity (Wildman–Crippen MR) is 77.7 cm³/mol. The highest BCUT2D eigenvalue weighted by molar-refractivity contribution is 7.89. The fourth-order valence-corrected chi connectivity index (χ4v) is 4.11. The molecule has 3 N–H and O–H groups in total. The zero-order valence-electron chi connectivity index (χ0n) is 11.5. The SMILES string of the molecule is NCc1cccc(S(=O)(=O)NC2CCN(C3CC3)C2)c1. The van der Waals surface area contributed by atoms with Crippen molar-refractivity contribution in [2.24, 2.45) is 5.73 Å². The van der Waals surface area contributed by atoms with E-state index in [0.717, 1.165) is 25.1 Å². The minimum absolute atomic E-state index is 0.0298. The first-order valence-corrected chi connectivity index (χ1v) is 8.62. The van der Waals surface area contributed by atoms with Gasteiger partial charge in [-0.05, 0) is 37.0 Å². The van der Waals surface area contributed by atoms with Crippen LogP contribution in [0.25, 0.3) is 0 Å². The van der Waals surface area contributed by atoms with Crippen LogP contribution in [0, 0.1) is 0 Å². The molecule has 1 atom stereocenters. The third kappa shape index (κ3) is 3.03. The Morgan fingerprint density at radius 3 is 2.80 bits per heavy atom. The van der Waals surface area contributed by atoms with Gasteiger partial charge in [-0.1, -0.05) is 12.1 Å². The molecule has 1 heterocycles. The van der Waals surface area contributed by atoms with Gasteiger partial charge in [-0.3, -0.25) is 4.90 Å². The third-order valence-electron chi connectivity index (χ3n) is 4.05. The molecule has 1 saturated heterocycles. The summed E-state index contributed by atoms with van der Waals surface area (Å²) >= 11 is 0. The number of nitrogens with zero attached hydrogens (tertiary/aromatic N) is 1. The van der Waals surface area contributed by atoms with Crippen LogP contribution in [0.5, 0.6) is 0 Å². The molecule has 1 aromatic carbocycles. The highest BCUT2D eigenvalue weighted by Crippen LogP contribution is 2.30. The van der Waals surface area contributed by atoms with E-state index in [1.54, 1.807) is 18.2 Å². The molecule has 0 spiro atoms. The molecule has 5 nitrogen and oxygen atoms in total. The van der Waals surface area contributed by atoms with Gasteiger partial charge in [0.1, 0.15) is 0 Å². The molecule has 20 heavy (non-hydrogen) atoms. The monoisotopic (exact) mass is 295 g/mol. The Balaban J connectivity index is 1.68. The van der Waals surface area contributed by atoms with Crippen LogP contribution in [0.3, 0.4) is 0 Å². The molecule has 2 aliphatic rings. The van der Waals surface area contributed by atoms with Crippen molar-refractivity contribution in [3.05, 3.63) is 29.8 Å². The molecular formula is C14H21N3O2S. The number of nitrogens with two attached hydrogens (primary N) is 1. The molecule has 0 aromatic heterocycles. The average molecular weight is 295 g/mol. The lowest BCUT2D eigenvalue weighted by Crippen LogP contribution is -2.37. The average Bonchev–Trinajstić information content (AvgIpc) is 3.20. The van der Waals surface area contributed by atoms with Crippen molar-refractivity contribution in [1.29, 1.82) is 0 Å². The minimum Gasteiger partial charge on any atom is -0.326 e. The maximum absolute atomic E-state index is 12.4. The van der Waals surface area contributed by atoms with Gasteiger partial charge < -0.3 is 5.73 Å². The van der Waals surface area contributed by atoms with E-state index in [-0.39, 0.29) is 6.04 Å². The highest BCUT2D eigenvalue weighted by Gasteiger charge is 2.35. The van der Waals surface area contributed by atoms with E-state index in [0.29, 0.717) is 17.5 Å². The van der Waals surface area contributed by atoms with Crippen LogP contribution in [0.2, 0.25) is 0 Å². The Hall–Kier alpha value is -0.950. The van der Waals surface area contributed by atoms with Crippen molar-refractivity contribution in [2.75, 3.05) is 13.1 Å². The second-order valence-electron chi connectivity index (χ2n) is 5.68. The van der Waals surface area contributed by atoms with Gasteiger partial charge in [-0.15, -0.1) is 0 Å². The first-order valence-electron chi connectivity index (χ1n) is 7.14. The summed E-state index contributed by atoms with van der Waals surface area (Å²) in [5.74, 6) is 0. The lowest BCUT2D eigenvalue weighted by atomic mass is 10.2. The zero-order valence-corrected chi connectivity index (χ0v) is 12.3. The van der Waals surface area contributed by atoms with Crippen molar-refractivity contribution in [1.82, 2.24) is 9.62 Å². The quantitative estimate of drug-likeness (QED) is 0.837. The number of nitrogens with one attached hydrogen (secondary N) is 1. The predicted octanol–water partition coefficient (Wildman–Crippen LogP) is 0.660. The molecular weight excluding hydrogens is 274 g/mol. The Kier molecular flexibility index (Phi) is 3.81. The molecule has 1 unspecified atom stereocenters. The molecule has 3 rings (SSSR count). The topological polar surface area (TPSA) is 75.4 Å². The van der Waals surface area contributed by atoms with Gasteiger partial charge in [0.2, 0.25) is 10.0 Å². The Morgan fingerprint density at radius 2 is 2.10 bits per heavy atom. The number of rotatable bonds is 5. The summed E-state index contributed by atoms with van der Waals surface area (Å²) in [6, 6.07) is 7.57. The number of benzene rings is 1. The molecule has 110 valence electrons. The Labute approximate surface area is 120 Å². The van der Waals surface area contributed by atoms with Crippen LogP contribution >= 0.6 is 0 Å². The molecule has 1 saturated carbocycles. The van der Waals surface area contributed by atoms with Gasteiger partial charge in [-0.25, -0.2) is 13.1 Å². The minimum atomic E-state index is -3.44. The molecule has 1 aliphatic heterocycles. The van der Waals surface area contributed by atoms with Gasteiger partial charge in [0.25, 0.3) is 0 Å². The number of sulfonamides is 1. The smallest absolute Gasteiger partial charge is 0.240 e. The third-order valence-corrected chi connectivity index (χ3v) is 5.57. The van der Waals surface area contributed by atoms with E-state index in [1.807, 2.05) is 6.07 Å². The Morgan fingerprint density at radius 1 is 1.30 bits per heavy atom. The zero-order chi connectivity index (χ0) is 14.2. The van der Waals surface area contributed by atoms with Crippen LogP contribution in [0.15, 0.2) is 29.2 Å². The van der Waals surface area contributed by atoms with Crippen LogP contribution in [0.4, 0.5) is 0 Å². The summed E-state index contributed by atoms with van der Waals surface area (Å²) in [5, 5.41) is 0. The molecule has 0 bridgehead atoms. The standard InChI is InChI=1S/C14H21N3O2S/c15-9-11-2-1-3-14(8-11)20(18,19)16-12-6-7-17(10-12)13-4-5-13/h1-3,8,12-13,16H,4-7,9-10,15H2. The molecule has 1 aromatic rings. The lowest BCUT2D eigenvalue weighted by molar-refractivity contribution is 0.322. The largest absolute Gasteiger partial charge is 0.326 e. The van der Waals surface area contributed by atoms with Gasteiger partial charge in [-0.2, -0.15) is 0 Å². The Bertz CT molecular complexity index is 584. The molecule has 6 heteroatoms. The second-order valence-corrected chi connectivity index (χ2v) is 7.40. The van der Waals surface area contributed by atoms with E-state index in [1.165, 1.54) is 12.8 Å². The van der Waals surface area contributed by atoms with E-state index < -0.39 is 10.0 Å². The summed E-state index contributed by atoms with van der Waals surface area (Å²) in [6.07, 6.45) is 3.42. The summed E-state index contributed by atoms with van der Waals surface area (Å²) in [7, 11) is -3.44. The molecule has 2 fully saturated rings. The highest BCUT2D eigenvalue weighted by atomic mass is 32.2. The summed E-state index contributed by atoms with van der Waals surface area (Å²) in [6.45, 7) is 2.18. The molecule has 1 aliphatic carbocycles. The van der Waals surface area contributed by atoms with Crippen LogP contribution < -0.4 is 10.5 Å².